The Bertz CT molecular complexity index is 201. The molecule has 0 N–H and O–H groups in total. The molecule has 0 radical (unpaired) electrons. The van der Waals surface area contributed by atoms with E-state index in [9.17, 15) is 4.79 Å². The van der Waals surface area contributed by atoms with Crippen LogP contribution in [0.2, 0.25) is 0 Å². The standard InChI is InChI=1S/C14H28O/c1-7-13(3,4)9-8-10-14(5,6)11-12(2)15/h7-11H2,1-6H3. The van der Waals surface area contributed by atoms with Crippen molar-refractivity contribution in [2.45, 2.75) is 73.6 Å². The molecule has 0 saturated heterocycles. The zero-order valence-corrected chi connectivity index (χ0v) is 11.4. The summed E-state index contributed by atoms with van der Waals surface area (Å²) in [4.78, 5) is 11.1. The van der Waals surface area contributed by atoms with E-state index in [0.717, 1.165) is 12.8 Å². The number of rotatable bonds is 7. The first-order valence-corrected chi connectivity index (χ1v) is 6.18. The zero-order chi connectivity index (χ0) is 12.1. The fourth-order valence-corrected chi connectivity index (χ4v) is 1.98. The normalized spacial score (nSPS) is 12.9. The Morgan fingerprint density at radius 3 is 1.87 bits per heavy atom. The third kappa shape index (κ3) is 7.58. The van der Waals surface area contributed by atoms with Gasteiger partial charge in [-0.1, -0.05) is 47.5 Å². The van der Waals surface area contributed by atoms with Gasteiger partial charge < -0.3 is 4.79 Å². The summed E-state index contributed by atoms with van der Waals surface area (Å²) in [5.41, 5.74) is 0.655. The zero-order valence-electron chi connectivity index (χ0n) is 11.4. The summed E-state index contributed by atoms with van der Waals surface area (Å²) in [7, 11) is 0. The number of Topliss-reactive ketones (excluding diaryl/α,β-unsaturated/α-hetero) is 1. The predicted octanol–water partition coefficient (Wildman–Crippen LogP) is 4.60. The topological polar surface area (TPSA) is 17.1 Å². The van der Waals surface area contributed by atoms with Gasteiger partial charge in [0.05, 0.1) is 0 Å². The van der Waals surface area contributed by atoms with Crippen molar-refractivity contribution >= 4 is 5.78 Å². The van der Waals surface area contributed by atoms with Crippen molar-refractivity contribution in [2.24, 2.45) is 10.8 Å². The fourth-order valence-electron chi connectivity index (χ4n) is 1.98. The molecule has 0 aromatic heterocycles. The summed E-state index contributed by atoms with van der Waals surface area (Å²) in [6.07, 6.45) is 5.63. The summed E-state index contributed by atoms with van der Waals surface area (Å²) in [6.45, 7) is 13.0. The average molecular weight is 212 g/mol. The molecule has 0 rings (SSSR count). The van der Waals surface area contributed by atoms with E-state index in [0.29, 0.717) is 11.2 Å². The van der Waals surface area contributed by atoms with E-state index >= 15 is 0 Å². The first kappa shape index (κ1) is 14.7. The van der Waals surface area contributed by atoms with E-state index in [1.807, 2.05) is 0 Å². The lowest BCUT2D eigenvalue weighted by Crippen LogP contribution is -2.17. The maximum atomic E-state index is 11.1. The van der Waals surface area contributed by atoms with Crippen LogP contribution >= 0.6 is 0 Å². The van der Waals surface area contributed by atoms with E-state index in [-0.39, 0.29) is 5.41 Å². The third-order valence-electron chi connectivity index (χ3n) is 3.39. The minimum atomic E-state index is 0.190. The highest BCUT2D eigenvalue weighted by Crippen LogP contribution is 2.32. The van der Waals surface area contributed by atoms with Crippen molar-refractivity contribution in [3.8, 4) is 0 Å². The van der Waals surface area contributed by atoms with Crippen LogP contribution in [0.3, 0.4) is 0 Å². The molecule has 0 aliphatic carbocycles. The highest BCUT2D eigenvalue weighted by atomic mass is 16.1. The van der Waals surface area contributed by atoms with Crippen LogP contribution < -0.4 is 0 Å². The summed E-state index contributed by atoms with van der Waals surface area (Å²) >= 11 is 0. The van der Waals surface area contributed by atoms with Crippen molar-refractivity contribution in [2.75, 3.05) is 0 Å². The van der Waals surface area contributed by atoms with Crippen LogP contribution in [0, 0.1) is 10.8 Å². The van der Waals surface area contributed by atoms with E-state index in [4.69, 9.17) is 0 Å². The first-order chi connectivity index (χ1) is 6.68. The number of hydrogen-bond donors (Lipinski definition) is 0. The molecular formula is C14H28O. The molecule has 0 unspecified atom stereocenters. The molecule has 0 heterocycles. The SMILES string of the molecule is CCC(C)(C)CCCC(C)(C)CC(C)=O. The number of carbonyl (C=O) groups is 1. The van der Waals surface area contributed by atoms with Crippen LogP contribution in [-0.4, -0.2) is 5.78 Å². The van der Waals surface area contributed by atoms with Gasteiger partial charge in [-0.25, -0.2) is 0 Å². The molecule has 0 aliphatic rings. The molecule has 0 atom stereocenters. The molecule has 0 aromatic rings. The van der Waals surface area contributed by atoms with Gasteiger partial charge in [0.1, 0.15) is 5.78 Å². The Hall–Kier alpha value is -0.330. The van der Waals surface area contributed by atoms with Gasteiger partial charge in [0, 0.05) is 6.42 Å². The number of hydrogen-bond acceptors (Lipinski definition) is 1. The summed E-state index contributed by atoms with van der Waals surface area (Å²) < 4.78 is 0. The Balaban J connectivity index is 3.89. The van der Waals surface area contributed by atoms with Gasteiger partial charge in [0.15, 0.2) is 0 Å². The van der Waals surface area contributed by atoms with Gasteiger partial charge in [-0.15, -0.1) is 0 Å². The molecule has 1 nitrogen and oxygen atoms in total. The Morgan fingerprint density at radius 2 is 1.47 bits per heavy atom. The van der Waals surface area contributed by atoms with Gasteiger partial charge >= 0.3 is 0 Å². The Kier molecular flexibility index (Phi) is 5.55. The molecule has 0 saturated carbocycles. The Labute approximate surface area is 95.6 Å². The minimum absolute atomic E-state index is 0.190. The van der Waals surface area contributed by atoms with Crippen LogP contribution in [0.15, 0.2) is 0 Å². The van der Waals surface area contributed by atoms with Gasteiger partial charge in [0.2, 0.25) is 0 Å². The van der Waals surface area contributed by atoms with Gasteiger partial charge in [-0.05, 0) is 30.6 Å². The van der Waals surface area contributed by atoms with Crippen molar-refractivity contribution in [1.82, 2.24) is 0 Å². The smallest absolute Gasteiger partial charge is 0.130 e. The molecule has 0 spiro atoms. The third-order valence-corrected chi connectivity index (χ3v) is 3.39. The monoisotopic (exact) mass is 212 g/mol. The maximum absolute atomic E-state index is 11.1. The van der Waals surface area contributed by atoms with E-state index in [1.54, 1.807) is 6.92 Å². The second-order valence-corrected chi connectivity index (χ2v) is 6.41. The lowest BCUT2D eigenvalue weighted by atomic mass is 9.78. The largest absolute Gasteiger partial charge is 0.300 e. The quantitative estimate of drug-likeness (QED) is 0.603. The number of carbonyl (C=O) groups excluding carboxylic acids is 1. The summed E-state index contributed by atoms with van der Waals surface area (Å²) in [6, 6.07) is 0. The Morgan fingerprint density at radius 1 is 1.00 bits per heavy atom. The molecule has 15 heavy (non-hydrogen) atoms. The van der Waals surface area contributed by atoms with Crippen molar-refractivity contribution in [3.05, 3.63) is 0 Å². The van der Waals surface area contributed by atoms with Crippen LogP contribution in [0.4, 0.5) is 0 Å². The first-order valence-electron chi connectivity index (χ1n) is 6.18. The van der Waals surface area contributed by atoms with Gasteiger partial charge in [-0.3, -0.25) is 0 Å². The van der Waals surface area contributed by atoms with Crippen LogP contribution in [-0.2, 0) is 4.79 Å². The molecule has 1 heteroatoms. The van der Waals surface area contributed by atoms with Crippen LogP contribution in [0.1, 0.15) is 73.6 Å². The maximum Gasteiger partial charge on any atom is 0.130 e. The van der Waals surface area contributed by atoms with E-state index < -0.39 is 0 Å². The highest BCUT2D eigenvalue weighted by molar-refractivity contribution is 5.76. The second-order valence-electron chi connectivity index (χ2n) is 6.41. The fraction of sp³-hybridized carbons (Fsp3) is 0.929. The second kappa shape index (κ2) is 5.67. The van der Waals surface area contributed by atoms with Gasteiger partial charge in [0.25, 0.3) is 0 Å². The van der Waals surface area contributed by atoms with Crippen LogP contribution in [0.25, 0.3) is 0 Å². The number of ketones is 1. The lowest BCUT2D eigenvalue weighted by molar-refractivity contribution is -0.118. The van der Waals surface area contributed by atoms with Crippen LogP contribution in [0.5, 0.6) is 0 Å². The van der Waals surface area contributed by atoms with Crippen molar-refractivity contribution in [3.63, 3.8) is 0 Å². The van der Waals surface area contributed by atoms with E-state index in [2.05, 4.69) is 34.6 Å². The molecule has 0 aromatic carbocycles. The van der Waals surface area contributed by atoms with Crippen molar-refractivity contribution in [1.29, 1.82) is 0 Å². The minimum Gasteiger partial charge on any atom is -0.300 e. The van der Waals surface area contributed by atoms with E-state index in [1.165, 1.54) is 19.3 Å². The average Bonchev–Trinajstić information content (AvgIpc) is 2.00. The molecule has 0 bridgehead atoms. The molecule has 0 fully saturated rings. The molecule has 0 amide bonds. The molecular weight excluding hydrogens is 184 g/mol. The highest BCUT2D eigenvalue weighted by Gasteiger charge is 2.21. The van der Waals surface area contributed by atoms with Crippen molar-refractivity contribution < 1.29 is 4.79 Å². The van der Waals surface area contributed by atoms with Gasteiger partial charge in [-0.2, -0.15) is 0 Å². The lowest BCUT2D eigenvalue weighted by Gasteiger charge is -2.27. The molecule has 0 aliphatic heterocycles. The summed E-state index contributed by atoms with van der Waals surface area (Å²) in [5, 5.41) is 0. The summed E-state index contributed by atoms with van der Waals surface area (Å²) in [5.74, 6) is 0.315. The molecule has 90 valence electrons. The predicted molar refractivity (Wildman–Crippen MR) is 67.0 cm³/mol.